The number of carbonyl (C=O) groups excluding carboxylic acids is 1. The van der Waals surface area contributed by atoms with Gasteiger partial charge < -0.3 is 14.4 Å². The Balaban J connectivity index is 1.91. The fraction of sp³-hybridized carbons (Fsp3) is 0.278. The van der Waals surface area contributed by atoms with Crippen molar-refractivity contribution in [2.75, 3.05) is 7.11 Å². The largest absolute Gasteiger partial charge is 0.493 e. The summed E-state index contributed by atoms with van der Waals surface area (Å²) in [6.45, 7) is 2.76. The predicted octanol–water partition coefficient (Wildman–Crippen LogP) is 3.66. The summed E-state index contributed by atoms with van der Waals surface area (Å²) < 4.78 is 11.2. The number of para-hydroxylation sites is 1. The second-order valence-corrected chi connectivity index (χ2v) is 5.97. The number of carbonyl (C=O) groups is 1. The van der Waals surface area contributed by atoms with Crippen molar-refractivity contribution in [2.24, 2.45) is 0 Å². The van der Waals surface area contributed by atoms with E-state index < -0.39 is 6.10 Å². The van der Waals surface area contributed by atoms with Gasteiger partial charge in [-0.15, -0.1) is 0 Å². The molecule has 0 radical (unpaired) electrons. The Kier molecular flexibility index (Phi) is 4.44. The number of methoxy groups -OCH3 is 1. The zero-order valence-electron chi connectivity index (χ0n) is 13.1. The Morgan fingerprint density at radius 2 is 2.00 bits per heavy atom. The highest BCUT2D eigenvalue weighted by Gasteiger charge is 2.29. The van der Waals surface area contributed by atoms with Crippen molar-refractivity contribution in [2.45, 2.75) is 26.1 Å². The molecule has 120 valence electrons. The van der Waals surface area contributed by atoms with Gasteiger partial charge in [-0.25, -0.2) is 0 Å². The topological polar surface area (TPSA) is 38.8 Å². The van der Waals surface area contributed by atoms with Crippen LogP contribution in [0.25, 0.3) is 0 Å². The molecule has 1 atom stereocenters. The van der Waals surface area contributed by atoms with E-state index in [9.17, 15) is 4.79 Å². The summed E-state index contributed by atoms with van der Waals surface area (Å²) in [4.78, 5) is 14.4. The summed E-state index contributed by atoms with van der Waals surface area (Å²) in [6.07, 6.45) is -0.556. The molecule has 0 aromatic heterocycles. The molecule has 4 nitrogen and oxygen atoms in total. The van der Waals surface area contributed by atoms with Gasteiger partial charge in [0.2, 0.25) is 0 Å². The maximum Gasteiger partial charge on any atom is 0.263 e. The molecule has 0 N–H and O–H groups in total. The Hall–Kier alpha value is -2.20. The van der Waals surface area contributed by atoms with Crippen LogP contribution in [0.15, 0.2) is 42.5 Å². The van der Waals surface area contributed by atoms with Crippen molar-refractivity contribution < 1.29 is 14.3 Å². The van der Waals surface area contributed by atoms with Crippen LogP contribution in [-0.4, -0.2) is 24.0 Å². The van der Waals surface area contributed by atoms with E-state index in [1.54, 1.807) is 18.9 Å². The van der Waals surface area contributed by atoms with E-state index in [1.165, 1.54) is 0 Å². The maximum absolute atomic E-state index is 12.6. The predicted molar refractivity (Wildman–Crippen MR) is 88.8 cm³/mol. The third-order valence-corrected chi connectivity index (χ3v) is 4.13. The van der Waals surface area contributed by atoms with Crippen LogP contribution in [0.2, 0.25) is 5.02 Å². The average molecular weight is 332 g/mol. The molecule has 0 aliphatic carbocycles. The Morgan fingerprint density at radius 1 is 1.26 bits per heavy atom. The second kappa shape index (κ2) is 6.50. The van der Waals surface area contributed by atoms with Crippen molar-refractivity contribution >= 4 is 17.5 Å². The number of fused-ring (bicyclic) bond motifs is 1. The van der Waals surface area contributed by atoms with Gasteiger partial charge in [0.05, 0.1) is 7.11 Å². The van der Waals surface area contributed by atoms with Gasteiger partial charge in [0.25, 0.3) is 5.91 Å². The number of ether oxygens (including phenoxy) is 2. The maximum atomic E-state index is 12.6. The lowest BCUT2D eigenvalue weighted by atomic mass is 10.1. The van der Waals surface area contributed by atoms with E-state index in [4.69, 9.17) is 21.1 Å². The molecule has 2 aromatic rings. The van der Waals surface area contributed by atoms with Gasteiger partial charge in [-0.05, 0) is 30.7 Å². The van der Waals surface area contributed by atoms with E-state index in [1.807, 2.05) is 42.5 Å². The number of halogens is 1. The summed E-state index contributed by atoms with van der Waals surface area (Å²) in [5, 5.41) is 0.683. The molecular weight excluding hydrogens is 314 g/mol. The first-order valence-electron chi connectivity index (χ1n) is 7.44. The number of amides is 1. The lowest BCUT2D eigenvalue weighted by molar-refractivity contribution is -0.138. The minimum Gasteiger partial charge on any atom is -0.493 e. The minimum atomic E-state index is -0.556. The van der Waals surface area contributed by atoms with Gasteiger partial charge in [0, 0.05) is 23.7 Å². The molecule has 0 bridgehead atoms. The summed E-state index contributed by atoms with van der Waals surface area (Å²) in [7, 11) is 1.60. The molecule has 5 heteroatoms. The van der Waals surface area contributed by atoms with Crippen molar-refractivity contribution in [3.8, 4) is 11.5 Å². The summed E-state index contributed by atoms with van der Waals surface area (Å²) in [5.41, 5.74) is 1.97. The van der Waals surface area contributed by atoms with Crippen LogP contribution in [-0.2, 0) is 17.9 Å². The third kappa shape index (κ3) is 3.27. The average Bonchev–Trinajstić information content (AvgIpc) is 2.67. The van der Waals surface area contributed by atoms with Crippen LogP contribution < -0.4 is 9.47 Å². The highest BCUT2D eigenvalue weighted by molar-refractivity contribution is 6.30. The molecule has 3 rings (SSSR count). The molecule has 1 heterocycles. The SMILES string of the molecule is COc1cccc2c1OC(C)C(=O)N(Cc1ccc(Cl)cc1)C2. The first-order chi connectivity index (χ1) is 11.1. The minimum absolute atomic E-state index is 0.0433. The number of nitrogens with zero attached hydrogens (tertiary/aromatic N) is 1. The smallest absolute Gasteiger partial charge is 0.263 e. The van der Waals surface area contributed by atoms with Gasteiger partial charge in [-0.3, -0.25) is 4.79 Å². The molecular formula is C18H18ClNO3. The number of hydrogen-bond acceptors (Lipinski definition) is 3. The number of hydrogen-bond donors (Lipinski definition) is 0. The van der Waals surface area contributed by atoms with Crippen LogP contribution in [0.5, 0.6) is 11.5 Å². The highest BCUT2D eigenvalue weighted by atomic mass is 35.5. The van der Waals surface area contributed by atoms with Gasteiger partial charge in [-0.2, -0.15) is 0 Å². The zero-order chi connectivity index (χ0) is 16.4. The molecule has 1 amide bonds. The van der Waals surface area contributed by atoms with Gasteiger partial charge >= 0.3 is 0 Å². The van der Waals surface area contributed by atoms with Crippen LogP contribution in [0.4, 0.5) is 0 Å². The molecule has 0 saturated carbocycles. The summed E-state index contributed by atoms with van der Waals surface area (Å²) in [5.74, 6) is 1.25. The first-order valence-corrected chi connectivity index (χ1v) is 7.82. The normalized spacial score (nSPS) is 17.3. The fourth-order valence-corrected chi connectivity index (χ4v) is 2.82. The lowest BCUT2D eigenvalue weighted by Crippen LogP contribution is -2.37. The highest BCUT2D eigenvalue weighted by Crippen LogP contribution is 2.35. The quantitative estimate of drug-likeness (QED) is 0.861. The monoisotopic (exact) mass is 331 g/mol. The van der Waals surface area contributed by atoms with E-state index in [0.717, 1.165) is 11.1 Å². The van der Waals surface area contributed by atoms with Crippen molar-refractivity contribution in [1.29, 1.82) is 0 Å². The van der Waals surface area contributed by atoms with Crippen LogP contribution in [0.3, 0.4) is 0 Å². The van der Waals surface area contributed by atoms with E-state index in [-0.39, 0.29) is 5.91 Å². The van der Waals surface area contributed by atoms with Gasteiger partial charge in [0.15, 0.2) is 17.6 Å². The van der Waals surface area contributed by atoms with Crippen LogP contribution in [0, 0.1) is 0 Å². The molecule has 1 aliphatic rings. The number of rotatable bonds is 3. The standard InChI is InChI=1S/C18H18ClNO3/c1-12-18(21)20(10-13-6-8-15(19)9-7-13)11-14-4-3-5-16(22-2)17(14)23-12/h3-9,12H,10-11H2,1-2H3. The zero-order valence-corrected chi connectivity index (χ0v) is 13.8. The van der Waals surface area contributed by atoms with E-state index in [0.29, 0.717) is 29.6 Å². The van der Waals surface area contributed by atoms with Crippen molar-refractivity contribution in [1.82, 2.24) is 4.90 Å². The second-order valence-electron chi connectivity index (χ2n) is 5.53. The Labute approximate surface area is 140 Å². The molecule has 0 saturated heterocycles. The summed E-state index contributed by atoms with van der Waals surface area (Å²) in [6, 6.07) is 13.2. The third-order valence-electron chi connectivity index (χ3n) is 3.88. The van der Waals surface area contributed by atoms with Crippen molar-refractivity contribution in [3.05, 3.63) is 58.6 Å². The Morgan fingerprint density at radius 3 is 2.70 bits per heavy atom. The van der Waals surface area contributed by atoms with E-state index >= 15 is 0 Å². The number of benzene rings is 2. The lowest BCUT2D eigenvalue weighted by Gasteiger charge is -2.22. The van der Waals surface area contributed by atoms with Crippen molar-refractivity contribution in [3.63, 3.8) is 0 Å². The van der Waals surface area contributed by atoms with Gasteiger partial charge in [0.1, 0.15) is 0 Å². The first kappa shape index (κ1) is 15.7. The van der Waals surface area contributed by atoms with Crippen LogP contribution in [0.1, 0.15) is 18.1 Å². The molecule has 0 spiro atoms. The van der Waals surface area contributed by atoms with E-state index in [2.05, 4.69) is 0 Å². The molecule has 23 heavy (non-hydrogen) atoms. The fourth-order valence-electron chi connectivity index (χ4n) is 2.69. The summed E-state index contributed by atoms with van der Waals surface area (Å²) >= 11 is 5.92. The Bertz CT molecular complexity index is 715. The molecule has 1 aliphatic heterocycles. The molecule has 0 fully saturated rings. The molecule has 1 unspecified atom stereocenters. The molecule has 2 aromatic carbocycles. The van der Waals surface area contributed by atoms with Gasteiger partial charge in [-0.1, -0.05) is 35.9 Å². The van der Waals surface area contributed by atoms with Crippen LogP contribution >= 0.6 is 11.6 Å².